The number of nitrogens with zero attached hydrogens (tertiary/aromatic N) is 2. The second-order valence-corrected chi connectivity index (χ2v) is 5.49. The van der Waals surface area contributed by atoms with E-state index in [9.17, 15) is 4.39 Å². The Hall–Kier alpha value is -1.66. The van der Waals surface area contributed by atoms with Crippen LogP contribution in [-0.2, 0) is 4.74 Å². The summed E-state index contributed by atoms with van der Waals surface area (Å²) in [6, 6.07) is 7.87. The fraction of sp³-hybridized carbons (Fsp3) is 0.267. The predicted octanol–water partition coefficient (Wildman–Crippen LogP) is 3.77. The van der Waals surface area contributed by atoms with Crippen molar-refractivity contribution in [3.63, 3.8) is 0 Å². The molecule has 0 bridgehead atoms. The fourth-order valence-electron chi connectivity index (χ4n) is 2.09. The van der Waals surface area contributed by atoms with Gasteiger partial charge in [-0.05, 0) is 40.2 Å². The number of furan rings is 1. The van der Waals surface area contributed by atoms with E-state index in [-0.39, 0.29) is 5.82 Å². The Balaban J connectivity index is 1.75. The van der Waals surface area contributed by atoms with Crippen LogP contribution in [-0.4, -0.2) is 32.5 Å². The number of hydrogen-bond donors (Lipinski definition) is 0. The van der Waals surface area contributed by atoms with Gasteiger partial charge in [0.15, 0.2) is 0 Å². The van der Waals surface area contributed by atoms with Gasteiger partial charge < -0.3 is 14.1 Å². The molecule has 2 heterocycles. The topological polar surface area (TPSA) is 38.0 Å². The lowest BCUT2D eigenvalue weighted by Crippen LogP contribution is -2.36. The Labute approximate surface area is 130 Å². The van der Waals surface area contributed by atoms with Gasteiger partial charge in [-0.2, -0.15) is 0 Å². The summed E-state index contributed by atoms with van der Waals surface area (Å²) in [7, 11) is 0. The van der Waals surface area contributed by atoms with Crippen LogP contribution in [0.2, 0.25) is 0 Å². The van der Waals surface area contributed by atoms with Crippen LogP contribution in [0.15, 0.2) is 44.2 Å². The molecule has 1 aromatic carbocycles. The number of anilines is 1. The fourth-order valence-corrected chi connectivity index (χ4v) is 2.64. The van der Waals surface area contributed by atoms with Crippen molar-refractivity contribution < 1.29 is 13.5 Å². The summed E-state index contributed by atoms with van der Waals surface area (Å²) in [6.07, 6.45) is 1.63. The molecule has 3 rings (SSSR count). The molecule has 0 atom stereocenters. The van der Waals surface area contributed by atoms with Crippen LogP contribution in [0.1, 0.15) is 5.76 Å². The number of halogens is 2. The van der Waals surface area contributed by atoms with E-state index < -0.39 is 0 Å². The molecule has 1 saturated heterocycles. The normalized spacial score (nSPS) is 15.8. The molecular weight excluding hydrogens is 339 g/mol. The number of morpholine rings is 1. The summed E-state index contributed by atoms with van der Waals surface area (Å²) in [4.78, 5) is 6.40. The van der Waals surface area contributed by atoms with E-state index in [1.165, 1.54) is 12.1 Å². The quantitative estimate of drug-likeness (QED) is 0.789. The first-order valence-electron chi connectivity index (χ1n) is 6.64. The molecule has 0 spiro atoms. The third-order valence-corrected chi connectivity index (χ3v) is 3.72. The first kappa shape index (κ1) is 14.3. The Bertz CT molecular complexity index is 634. The minimum absolute atomic E-state index is 0.274. The van der Waals surface area contributed by atoms with Crippen molar-refractivity contribution in [3.8, 4) is 0 Å². The van der Waals surface area contributed by atoms with E-state index in [0.717, 1.165) is 23.4 Å². The molecule has 4 nitrogen and oxygen atoms in total. The van der Waals surface area contributed by atoms with Crippen molar-refractivity contribution in [2.45, 2.75) is 0 Å². The second kappa shape index (κ2) is 6.41. The summed E-state index contributed by atoms with van der Waals surface area (Å²) < 4.78 is 24.8. The zero-order valence-corrected chi connectivity index (χ0v) is 12.8. The highest BCUT2D eigenvalue weighted by atomic mass is 79.9. The lowest BCUT2D eigenvalue weighted by atomic mass is 10.3. The molecule has 0 saturated carbocycles. The van der Waals surface area contributed by atoms with Crippen molar-refractivity contribution in [1.82, 2.24) is 0 Å². The minimum atomic E-state index is -0.274. The Morgan fingerprint density at radius 1 is 1.19 bits per heavy atom. The Morgan fingerprint density at radius 2 is 1.90 bits per heavy atom. The standard InChI is InChI=1S/C15H14BrFN2O2/c16-14-9-13(10-18-12-3-1-11(17)2-4-12)21-15(14)19-5-7-20-8-6-19/h1-4,9-10H,5-8H2. The monoisotopic (exact) mass is 352 g/mol. The lowest BCUT2D eigenvalue weighted by Gasteiger charge is -2.26. The summed E-state index contributed by atoms with van der Waals surface area (Å²) in [5, 5.41) is 0. The van der Waals surface area contributed by atoms with E-state index in [4.69, 9.17) is 9.15 Å². The molecule has 0 radical (unpaired) electrons. The molecule has 110 valence electrons. The maximum absolute atomic E-state index is 12.8. The van der Waals surface area contributed by atoms with Crippen LogP contribution < -0.4 is 4.90 Å². The predicted molar refractivity (Wildman–Crippen MR) is 83.1 cm³/mol. The molecular formula is C15H14BrFN2O2. The van der Waals surface area contributed by atoms with E-state index in [2.05, 4.69) is 25.8 Å². The van der Waals surface area contributed by atoms with Crippen LogP contribution in [0.4, 0.5) is 16.0 Å². The zero-order valence-electron chi connectivity index (χ0n) is 11.3. The molecule has 6 heteroatoms. The number of benzene rings is 1. The number of ether oxygens (including phenoxy) is 1. The first-order chi connectivity index (χ1) is 10.2. The zero-order chi connectivity index (χ0) is 14.7. The van der Waals surface area contributed by atoms with Gasteiger partial charge in [0.1, 0.15) is 11.6 Å². The van der Waals surface area contributed by atoms with E-state index in [1.807, 2.05) is 6.07 Å². The molecule has 2 aromatic rings. The van der Waals surface area contributed by atoms with Crippen molar-refractivity contribution >= 4 is 33.7 Å². The molecule has 1 fully saturated rings. The minimum Gasteiger partial charge on any atom is -0.438 e. The van der Waals surface area contributed by atoms with Crippen LogP contribution in [0.3, 0.4) is 0 Å². The second-order valence-electron chi connectivity index (χ2n) is 4.64. The van der Waals surface area contributed by atoms with Gasteiger partial charge >= 0.3 is 0 Å². The van der Waals surface area contributed by atoms with Crippen molar-refractivity contribution in [2.24, 2.45) is 4.99 Å². The molecule has 0 unspecified atom stereocenters. The summed E-state index contributed by atoms with van der Waals surface area (Å²) in [5.41, 5.74) is 0.678. The maximum Gasteiger partial charge on any atom is 0.210 e. The highest BCUT2D eigenvalue weighted by Gasteiger charge is 2.18. The van der Waals surface area contributed by atoms with Gasteiger partial charge in [-0.1, -0.05) is 0 Å². The SMILES string of the molecule is Fc1ccc(N=Cc2cc(Br)c(N3CCOCC3)o2)cc1. The van der Waals surface area contributed by atoms with Gasteiger partial charge in [-0.15, -0.1) is 0 Å². The maximum atomic E-state index is 12.8. The number of hydrogen-bond acceptors (Lipinski definition) is 4. The average molecular weight is 353 g/mol. The Morgan fingerprint density at radius 3 is 2.62 bits per heavy atom. The van der Waals surface area contributed by atoms with Crippen LogP contribution in [0.5, 0.6) is 0 Å². The van der Waals surface area contributed by atoms with Crippen LogP contribution in [0, 0.1) is 5.82 Å². The number of rotatable bonds is 3. The molecule has 1 aromatic heterocycles. The smallest absolute Gasteiger partial charge is 0.210 e. The van der Waals surface area contributed by atoms with Crippen LogP contribution in [0.25, 0.3) is 0 Å². The molecule has 0 amide bonds. The van der Waals surface area contributed by atoms with Crippen molar-refractivity contribution in [1.29, 1.82) is 0 Å². The van der Waals surface area contributed by atoms with Gasteiger partial charge in [-0.3, -0.25) is 4.99 Å². The van der Waals surface area contributed by atoms with Gasteiger partial charge in [0.05, 0.1) is 29.6 Å². The molecule has 0 aliphatic carbocycles. The van der Waals surface area contributed by atoms with Crippen LogP contribution >= 0.6 is 15.9 Å². The van der Waals surface area contributed by atoms with Gasteiger partial charge in [-0.25, -0.2) is 4.39 Å². The molecule has 1 aliphatic rings. The third kappa shape index (κ3) is 3.51. The summed E-state index contributed by atoms with van der Waals surface area (Å²) in [5.74, 6) is 1.16. The highest BCUT2D eigenvalue weighted by molar-refractivity contribution is 9.10. The molecule has 21 heavy (non-hydrogen) atoms. The summed E-state index contributed by atoms with van der Waals surface area (Å²) in [6.45, 7) is 3.01. The van der Waals surface area contributed by atoms with E-state index >= 15 is 0 Å². The number of aliphatic imine (C=N–C) groups is 1. The van der Waals surface area contributed by atoms with Crippen molar-refractivity contribution in [2.75, 3.05) is 31.2 Å². The van der Waals surface area contributed by atoms with E-state index in [0.29, 0.717) is 24.7 Å². The molecule has 0 N–H and O–H groups in total. The Kier molecular flexibility index (Phi) is 4.36. The average Bonchev–Trinajstić information content (AvgIpc) is 2.89. The summed E-state index contributed by atoms with van der Waals surface area (Å²) >= 11 is 3.50. The lowest BCUT2D eigenvalue weighted by molar-refractivity contribution is 0.120. The van der Waals surface area contributed by atoms with Gasteiger partial charge in [0.2, 0.25) is 5.88 Å². The van der Waals surface area contributed by atoms with Gasteiger partial charge in [0.25, 0.3) is 0 Å². The van der Waals surface area contributed by atoms with Gasteiger partial charge in [0, 0.05) is 19.2 Å². The van der Waals surface area contributed by atoms with Crippen molar-refractivity contribution in [3.05, 3.63) is 46.4 Å². The third-order valence-electron chi connectivity index (χ3n) is 3.15. The molecule has 1 aliphatic heterocycles. The highest BCUT2D eigenvalue weighted by Crippen LogP contribution is 2.30. The van der Waals surface area contributed by atoms with E-state index in [1.54, 1.807) is 18.3 Å². The largest absolute Gasteiger partial charge is 0.438 e. The first-order valence-corrected chi connectivity index (χ1v) is 7.43.